The molecule has 0 fully saturated rings. The van der Waals surface area contributed by atoms with E-state index in [1.165, 1.54) is 41.0 Å². The minimum atomic E-state index is -3.97. The van der Waals surface area contributed by atoms with E-state index in [9.17, 15) is 13.2 Å². The van der Waals surface area contributed by atoms with Crippen LogP contribution >= 0.6 is 11.3 Å². The smallest absolute Gasteiger partial charge is 0.257 e. The van der Waals surface area contributed by atoms with E-state index in [2.05, 4.69) is 10.3 Å². The zero-order chi connectivity index (χ0) is 28.0. The molecule has 4 aromatic rings. The number of rotatable bonds is 11. The zero-order valence-electron chi connectivity index (χ0n) is 22.0. The van der Waals surface area contributed by atoms with Gasteiger partial charge in [0.05, 0.1) is 27.0 Å². The SMILES string of the molecule is CCN(Cc1ccccc1)S(=O)(=O)c1cc(C(=O)Nc2nc(-c3ccc(OC)c(OC)c3)cs2)ccc1OC. The van der Waals surface area contributed by atoms with Gasteiger partial charge in [-0.3, -0.25) is 10.1 Å². The minimum absolute atomic E-state index is 0.0828. The maximum absolute atomic E-state index is 13.6. The number of benzene rings is 3. The molecule has 11 heteroatoms. The van der Waals surface area contributed by atoms with Crippen LogP contribution in [0.2, 0.25) is 0 Å². The van der Waals surface area contributed by atoms with Crippen LogP contribution in [0.4, 0.5) is 5.13 Å². The van der Waals surface area contributed by atoms with Crippen LogP contribution < -0.4 is 19.5 Å². The van der Waals surface area contributed by atoms with Crippen molar-refractivity contribution in [2.24, 2.45) is 0 Å². The summed E-state index contributed by atoms with van der Waals surface area (Å²) in [5, 5.41) is 4.94. The summed E-state index contributed by atoms with van der Waals surface area (Å²) < 4.78 is 44.6. The van der Waals surface area contributed by atoms with Gasteiger partial charge in [0, 0.05) is 29.6 Å². The Hall–Kier alpha value is -3.93. The summed E-state index contributed by atoms with van der Waals surface area (Å²) in [6, 6.07) is 19.1. The Kier molecular flexibility index (Phi) is 8.85. The molecular formula is C28H29N3O6S2. The molecule has 9 nitrogen and oxygen atoms in total. The average Bonchev–Trinajstić information content (AvgIpc) is 3.43. The molecule has 0 radical (unpaired) electrons. The molecule has 0 bridgehead atoms. The van der Waals surface area contributed by atoms with Gasteiger partial charge in [-0.1, -0.05) is 37.3 Å². The van der Waals surface area contributed by atoms with Crippen LogP contribution in [-0.4, -0.2) is 51.5 Å². The normalized spacial score (nSPS) is 11.3. The number of methoxy groups -OCH3 is 3. The van der Waals surface area contributed by atoms with E-state index >= 15 is 0 Å². The van der Waals surface area contributed by atoms with E-state index in [1.807, 2.05) is 41.8 Å². The fourth-order valence-electron chi connectivity index (χ4n) is 3.94. The molecule has 1 amide bonds. The molecule has 0 aliphatic heterocycles. The number of carbonyl (C=O) groups is 1. The lowest BCUT2D eigenvalue weighted by molar-refractivity contribution is 0.102. The van der Waals surface area contributed by atoms with Crippen LogP contribution in [0, 0.1) is 0 Å². The van der Waals surface area contributed by atoms with Gasteiger partial charge in [-0.25, -0.2) is 13.4 Å². The molecule has 1 aromatic heterocycles. The van der Waals surface area contributed by atoms with Gasteiger partial charge < -0.3 is 14.2 Å². The van der Waals surface area contributed by atoms with Gasteiger partial charge in [0.2, 0.25) is 10.0 Å². The third-order valence-corrected chi connectivity index (χ3v) is 8.70. The second kappa shape index (κ2) is 12.3. The Labute approximate surface area is 232 Å². The average molecular weight is 568 g/mol. The van der Waals surface area contributed by atoms with E-state index in [4.69, 9.17) is 14.2 Å². The van der Waals surface area contributed by atoms with Crippen LogP contribution in [0.5, 0.6) is 17.2 Å². The fraction of sp³-hybridized carbons (Fsp3) is 0.214. The second-order valence-electron chi connectivity index (χ2n) is 8.34. The summed E-state index contributed by atoms with van der Waals surface area (Å²) in [4.78, 5) is 17.5. The van der Waals surface area contributed by atoms with Crippen molar-refractivity contribution in [1.82, 2.24) is 9.29 Å². The van der Waals surface area contributed by atoms with Crippen LogP contribution in [0.3, 0.4) is 0 Å². The largest absolute Gasteiger partial charge is 0.495 e. The third-order valence-electron chi connectivity index (χ3n) is 6.00. The van der Waals surface area contributed by atoms with Gasteiger partial charge in [0.15, 0.2) is 16.6 Å². The maximum Gasteiger partial charge on any atom is 0.257 e. The number of amides is 1. The molecule has 0 atom stereocenters. The summed E-state index contributed by atoms with van der Waals surface area (Å²) in [5.74, 6) is 0.825. The van der Waals surface area contributed by atoms with Gasteiger partial charge >= 0.3 is 0 Å². The molecule has 1 N–H and O–H groups in total. The predicted molar refractivity (Wildman–Crippen MR) is 151 cm³/mol. The van der Waals surface area contributed by atoms with E-state index in [0.717, 1.165) is 11.1 Å². The van der Waals surface area contributed by atoms with Gasteiger partial charge in [-0.15, -0.1) is 11.3 Å². The van der Waals surface area contributed by atoms with Crippen LogP contribution in [0.1, 0.15) is 22.8 Å². The highest BCUT2D eigenvalue weighted by atomic mass is 32.2. The number of sulfonamides is 1. The van der Waals surface area contributed by atoms with E-state index in [1.54, 1.807) is 33.3 Å². The number of nitrogens with zero attached hydrogens (tertiary/aromatic N) is 2. The quantitative estimate of drug-likeness (QED) is 0.262. The number of thiazole rings is 1. The predicted octanol–water partition coefficient (Wildman–Crippen LogP) is 5.30. The first-order valence-electron chi connectivity index (χ1n) is 12.0. The molecule has 4 rings (SSSR count). The Morgan fingerprint density at radius 1 is 0.923 bits per heavy atom. The van der Waals surface area contributed by atoms with E-state index < -0.39 is 15.9 Å². The van der Waals surface area contributed by atoms with E-state index in [-0.39, 0.29) is 29.3 Å². The van der Waals surface area contributed by atoms with Crippen LogP contribution in [0.15, 0.2) is 77.0 Å². The molecule has 0 unspecified atom stereocenters. The standard InChI is InChI=1S/C28H29N3O6S2/c1-5-31(17-19-9-7-6-8-10-19)39(33,34)26-16-21(12-14-24(26)36-3)27(32)30-28-29-22(18-38-28)20-11-13-23(35-2)25(15-20)37-4/h6-16,18H,5,17H2,1-4H3,(H,29,30,32). The third kappa shape index (κ3) is 6.22. The minimum Gasteiger partial charge on any atom is -0.495 e. The molecule has 0 saturated carbocycles. The lowest BCUT2D eigenvalue weighted by Crippen LogP contribution is -2.31. The molecule has 0 saturated heterocycles. The molecular weight excluding hydrogens is 538 g/mol. The first kappa shape index (κ1) is 28.1. The number of ether oxygens (including phenoxy) is 3. The van der Waals surface area contributed by atoms with Crippen molar-refractivity contribution in [2.45, 2.75) is 18.4 Å². The summed E-state index contributed by atoms with van der Waals surface area (Å²) in [7, 11) is 0.541. The maximum atomic E-state index is 13.6. The Balaban J connectivity index is 1.58. The zero-order valence-corrected chi connectivity index (χ0v) is 23.6. The monoisotopic (exact) mass is 567 g/mol. The molecule has 204 valence electrons. The van der Waals surface area contributed by atoms with Crippen molar-refractivity contribution in [2.75, 3.05) is 33.2 Å². The van der Waals surface area contributed by atoms with Crippen LogP contribution in [-0.2, 0) is 16.6 Å². The number of anilines is 1. The molecule has 1 heterocycles. The topological polar surface area (TPSA) is 107 Å². The highest BCUT2D eigenvalue weighted by molar-refractivity contribution is 7.89. The molecule has 39 heavy (non-hydrogen) atoms. The van der Waals surface area contributed by atoms with Crippen molar-refractivity contribution in [1.29, 1.82) is 0 Å². The summed E-state index contributed by atoms with van der Waals surface area (Å²) in [5.41, 5.74) is 2.45. The Morgan fingerprint density at radius 2 is 1.62 bits per heavy atom. The van der Waals surface area contributed by atoms with Gasteiger partial charge in [0.25, 0.3) is 5.91 Å². The summed E-state index contributed by atoms with van der Waals surface area (Å²) >= 11 is 1.25. The second-order valence-corrected chi connectivity index (χ2v) is 11.1. The van der Waals surface area contributed by atoms with Crippen molar-refractivity contribution < 1.29 is 27.4 Å². The number of nitrogens with one attached hydrogen (secondary N) is 1. The van der Waals surface area contributed by atoms with Crippen molar-refractivity contribution in [3.05, 3.63) is 83.2 Å². The van der Waals surface area contributed by atoms with Crippen molar-refractivity contribution in [3.8, 4) is 28.5 Å². The summed E-state index contributed by atoms with van der Waals surface area (Å²) in [6.45, 7) is 2.20. The molecule has 3 aromatic carbocycles. The number of carbonyl (C=O) groups excluding carboxylic acids is 1. The highest BCUT2D eigenvalue weighted by Gasteiger charge is 2.28. The Morgan fingerprint density at radius 3 is 2.28 bits per heavy atom. The number of hydrogen-bond acceptors (Lipinski definition) is 8. The number of hydrogen-bond donors (Lipinski definition) is 1. The lowest BCUT2D eigenvalue weighted by atomic mass is 10.1. The Bertz CT molecular complexity index is 1550. The van der Waals surface area contributed by atoms with Gasteiger partial charge in [0.1, 0.15) is 10.6 Å². The molecule has 0 spiro atoms. The fourth-order valence-corrected chi connectivity index (χ4v) is 6.27. The first-order chi connectivity index (χ1) is 18.8. The van der Waals surface area contributed by atoms with Crippen LogP contribution in [0.25, 0.3) is 11.3 Å². The first-order valence-corrected chi connectivity index (χ1v) is 14.3. The van der Waals surface area contributed by atoms with E-state index in [0.29, 0.717) is 22.3 Å². The van der Waals surface area contributed by atoms with Crippen molar-refractivity contribution in [3.63, 3.8) is 0 Å². The summed E-state index contributed by atoms with van der Waals surface area (Å²) in [6.07, 6.45) is 0. The van der Waals surface area contributed by atoms with Gasteiger partial charge in [-0.05, 0) is 42.0 Å². The molecule has 0 aliphatic carbocycles. The number of aromatic nitrogens is 1. The molecule has 0 aliphatic rings. The van der Waals surface area contributed by atoms with Crippen molar-refractivity contribution >= 4 is 32.4 Å². The lowest BCUT2D eigenvalue weighted by Gasteiger charge is -2.22. The van der Waals surface area contributed by atoms with Gasteiger partial charge in [-0.2, -0.15) is 4.31 Å². The highest BCUT2D eigenvalue weighted by Crippen LogP contribution is 2.34.